The van der Waals surface area contributed by atoms with Crippen molar-refractivity contribution in [2.24, 2.45) is 0 Å². The van der Waals surface area contributed by atoms with Crippen LogP contribution in [-0.2, 0) is 9.47 Å². The zero-order valence-corrected chi connectivity index (χ0v) is 9.84. The lowest BCUT2D eigenvalue weighted by molar-refractivity contribution is 0.0678. The summed E-state index contributed by atoms with van der Waals surface area (Å²) in [7, 11) is 3.73. The molecule has 3 nitrogen and oxygen atoms in total. The maximum Gasteiger partial charge on any atom is 0.0700 e. The van der Waals surface area contributed by atoms with Gasteiger partial charge in [0.1, 0.15) is 0 Å². The van der Waals surface area contributed by atoms with Crippen molar-refractivity contribution >= 4 is 0 Å². The highest BCUT2D eigenvalue weighted by Gasteiger charge is 2.03. The largest absolute Gasteiger partial charge is 0.382 e. The summed E-state index contributed by atoms with van der Waals surface area (Å²) in [4.78, 5) is 0. The fourth-order valence-corrected chi connectivity index (χ4v) is 1.46. The first-order valence-corrected chi connectivity index (χ1v) is 5.59. The van der Waals surface area contributed by atoms with Gasteiger partial charge in [0.2, 0.25) is 0 Å². The van der Waals surface area contributed by atoms with Crippen LogP contribution in [0.3, 0.4) is 0 Å². The Morgan fingerprint density at radius 2 is 1.93 bits per heavy atom. The van der Waals surface area contributed by atoms with Crippen molar-refractivity contribution in [1.29, 1.82) is 0 Å². The predicted octanol–water partition coefficient (Wildman–Crippen LogP) is 1.82. The van der Waals surface area contributed by atoms with Crippen LogP contribution >= 0.6 is 0 Å². The molecule has 0 aliphatic rings. The first kappa shape index (κ1) is 13.9. The molecule has 0 radical (unpaired) electrons. The Morgan fingerprint density at radius 3 is 2.50 bits per heavy atom. The van der Waals surface area contributed by atoms with Gasteiger partial charge in [0.25, 0.3) is 0 Å². The molecule has 0 amide bonds. The second kappa shape index (κ2) is 11.0. The van der Waals surface area contributed by atoms with Crippen LogP contribution in [0.25, 0.3) is 0 Å². The van der Waals surface area contributed by atoms with Crippen LogP contribution in [0.1, 0.15) is 32.6 Å². The first-order valence-electron chi connectivity index (χ1n) is 5.59. The quantitative estimate of drug-likeness (QED) is 0.549. The van der Waals surface area contributed by atoms with Gasteiger partial charge < -0.3 is 14.8 Å². The number of hydrogen-bond donors (Lipinski definition) is 1. The van der Waals surface area contributed by atoms with Gasteiger partial charge in [-0.25, -0.2) is 0 Å². The highest BCUT2D eigenvalue weighted by atomic mass is 16.5. The molecule has 0 aromatic carbocycles. The van der Waals surface area contributed by atoms with Gasteiger partial charge in [0.05, 0.1) is 13.2 Å². The molecular weight excluding hydrogens is 178 g/mol. The molecule has 86 valence electrons. The van der Waals surface area contributed by atoms with Crippen molar-refractivity contribution < 1.29 is 9.47 Å². The van der Waals surface area contributed by atoms with Crippen molar-refractivity contribution in [3.05, 3.63) is 0 Å². The van der Waals surface area contributed by atoms with E-state index in [1.807, 2.05) is 7.05 Å². The molecule has 0 bridgehead atoms. The lowest BCUT2D eigenvalue weighted by atomic mass is 10.1. The summed E-state index contributed by atoms with van der Waals surface area (Å²) in [5, 5.41) is 3.32. The minimum Gasteiger partial charge on any atom is -0.382 e. The Hall–Kier alpha value is -0.120. The second-order valence-corrected chi connectivity index (χ2v) is 3.52. The van der Waals surface area contributed by atoms with Gasteiger partial charge in [0, 0.05) is 19.8 Å². The smallest absolute Gasteiger partial charge is 0.0700 e. The molecule has 1 atom stereocenters. The van der Waals surface area contributed by atoms with Crippen LogP contribution in [0.2, 0.25) is 0 Å². The monoisotopic (exact) mass is 203 g/mol. The average Bonchev–Trinajstić information content (AvgIpc) is 2.21. The van der Waals surface area contributed by atoms with Crippen molar-refractivity contribution in [3.63, 3.8) is 0 Å². The zero-order chi connectivity index (χ0) is 10.6. The van der Waals surface area contributed by atoms with E-state index in [1.165, 1.54) is 19.3 Å². The number of nitrogens with one attached hydrogen (secondary N) is 1. The van der Waals surface area contributed by atoms with Crippen LogP contribution < -0.4 is 5.32 Å². The maximum atomic E-state index is 5.39. The molecule has 0 fully saturated rings. The van der Waals surface area contributed by atoms with Crippen molar-refractivity contribution in [3.8, 4) is 0 Å². The molecule has 0 aliphatic heterocycles. The van der Waals surface area contributed by atoms with E-state index in [-0.39, 0.29) is 0 Å². The molecule has 0 aliphatic carbocycles. The Balaban J connectivity index is 3.15. The van der Waals surface area contributed by atoms with Crippen molar-refractivity contribution in [1.82, 2.24) is 5.32 Å². The van der Waals surface area contributed by atoms with E-state index in [0.29, 0.717) is 19.3 Å². The van der Waals surface area contributed by atoms with Gasteiger partial charge in [-0.15, -0.1) is 0 Å². The predicted molar refractivity (Wildman–Crippen MR) is 59.7 cm³/mol. The third-order valence-corrected chi connectivity index (χ3v) is 2.32. The summed E-state index contributed by atoms with van der Waals surface area (Å²) < 4.78 is 10.3. The normalized spacial score (nSPS) is 13.1. The van der Waals surface area contributed by atoms with Crippen molar-refractivity contribution in [2.75, 3.05) is 34.0 Å². The number of rotatable bonds is 10. The van der Waals surface area contributed by atoms with Gasteiger partial charge in [-0.3, -0.25) is 0 Å². The Labute approximate surface area is 88.2 Å². The Bertz CT molecular complexity index is 109. The summed E-state index contributed by atoms with van der Waals surface area (Å²) >= 11 is 0. The van der Waals surface area contributed by atoms with Crippen molar-refractivity contribution in [2.45, 2.75) is 38.6 Å². The van der Waals surface area contributed by atoms with Crippen LogP contribution in [-0.4, -0.2) is 40.0 Å². The minimum absolute atomic E-state index is 0.658. The van der Waals surface area contributed by atoms with Crippen LogP contribution in [0.4, 0.5) is 0 Å². The Kier molecular flexibility index (Phi) is 10.9. The molecule has 3 heteroatoms. The molecule has 0 saturated heterocycles. The van der Waals surface area contributed by atoms with Crippen LogP contribution in [0.15, 0.2) is 0 Å². The molecule has 1 N–H and O–H groups in total. The minimum atomic E-state index is 0.658. The number of hydrogen-bond acceptors (Lipinski definition) is 3. The zero-order valence-electron chi connectivity index (χ0n) is 9.84. The molecule has 0 spiro atoms. The first-order chi connectivity index (χ1) is 6.85. The van der Waals surface area contributed by atoms with Gasteiger partial charge in [-0.1, -0.05) is 13.3 Å². The lowest BCUT2D eigenvalue weighted by Gasteiger charge is -2.14. The summed E-state index contributed by atoms with van der Waals surface area (Å²) in [5.74, 6) is 0. The summed E-state index contributed by atoms with van der Waals surface area (Å²) in [6.45, 7) is 4.49. The highest BCUT2D eigenvalue weighted by Crippen LogP contribution is 2.04. The van der Waals surface area contributed by atoms with E-state index in [0.717, 1.165) is 13.0 Å². The summed E-state index contributed by atoms with van der Waals surface area (Å²) in [6, 6.07) is 0.658. The standard InChI is InChI=1S/C11H25NO2/c1-4-6-11(12-2)7-5-8-14-10-9-13-3/h11-12H,4-10H2,1-3H3. The fraction of sp³-hybridized carbons (Fsp3) is 1.00. The van der Waals surface area contributed by atoms with E-state index < -0.39 is 0 Å². The molecule has 0 aromatic rings. The molecule has 1 unspecified atom stereocenters. The van der Waals surface area contributed by atoms with E-state index in [1.54, 1.807) is 7.11 Å². The van der Waals surface area contributed by atoms with E-state index >= 15 is 0 Å². The van der Waals surface area contributed by atoms with E-state index in [2.05, 4.69) is 12.2 Å². The van der Waals surface area contributed by atoms with Gasteiger partial charge in [-0.05, 0) is 26.3 Å². The highest BCUT2D eigenvalue weighted by molar-refractivity contribution is 4.62. The molecule has 0 rings (SSSR count). The topological polar surface area (TPSA) is 30.5 Å². The third kappa shape index (κ3) is 8.48. The maximum absolute atomic E-state index is 5.39. The number of methoxy groups -OCH3 is 1. The van der Waals surface area contributed by atoms with E-state index in [4.69, 9.17) is 9.47 Å². The third-order valence-electron chi connectivity index (χ3n) is 2.32. The number of ether oxygens (including phenoxy) is 2. The van der Waals surface area contributed by atoms with Gasteiger partial charge in [-0.2, -0.15) is 0 Å². The van der Waals surface area contributed by atoms with Crippen LogP contribution in [0, 0.1) is 0 Å². The summed E-state index contributed by atoms with van der Waals surface area (Å²) in [5.41, 5.74) is 0. The SMILES string of the molecule is CCCC(CCCOCCOC)NC. The molecule has 0 aromatic heterocycles. The van der Waals surface area contributed by atoms with Gasteiger partial charge in [0.15, 0.2) is 0 Å². The average molecular weight is 203 g/mol. The van der Waals surface area contributed by atoms with Crippen LogP contribution in [0.5, 0.6) is 0 Å². The molecule has 14 heavy (non-hydrogen) atoms. The second-order valence-electron chi connectivity index (χ2n) is 3.52. The lowest BCUT2D eigenvalue weighted by Crippen LogP contribution is -2.25. The molecular formula is C11H25NO2. The Morgan fingerprint density at radius 1 is 1.14 bits per heavy atom. The molecule has 0 heterocycles. The fourth-order valence-electron chi connectivity index (χ4n) is 1.46. The molecule has 0 saturated carbocycles. The van der Waals surface area contributed by atoms with E-state index in [9.17, 15) is 0 Å². The van der Waals surface area contributed by atoms with Gasteiger partial charge >= 0.3 is 0 Å². The summed E-state index contributed by atoms with van der Waals surface area (Å²) in [6.07, 6.45) is 4.84.